The lowest BCUT2D eigenvalue weighted by atomic mass is 9.86. The van der Waals surface area contributed by atoms with E-state index < -0.39 is 94.5 Å². The summed E-state index contributed by atoms with van der Waals surface area (Å²) in [6.07, 6.45) is -16.0. The predicted molar refractivity (Wildman–Crippen MR) is 115 cm³/mol. The van der Waals surface area contributed by atoms with E-state index >= 15 is 0 Å². The van der Waals surface area contributed by atoms with Gasteiger partial charge in [-0.05, 0) is 19.1 Å². The molecule has 0 spiro atoms. The fraction of sp³-hybridized carbons (Fsp3) is 0.381. The summed E-state index contributed by atoms with van der Waals surface area (Å²) < 4.78 is 133. The Kier molecular flexibility index (Phi) is 8.25. The number of carbonyl (C=O) groups is 2. The zero-order valence-corrected chi connectivity index (χ0v) is 20.3. The second-order valence-electron chi connectivity index (χ2n) is 8.21. The molecule has 218 valence electrons. The molecule has 0 aliphatic carbocycles. The summed E-state index contributed by atoms with van der Waals surface area (Å²) in [7, 11) is 0. The van der Waals surface area contributed by atoms with Crippen LogP contribution >= 0.6 is 11.6 Å². The van der Waals surface area contributed by atoms with Crippen LogP contribution in [0.4, 0.5) is 43.9 Å². The van der Waals surface area contributed by atoms with Crippen molar-refractivity contribution >= 4 is 29.1 Å². The minimum absolute atomic E-state index is 0.0949. The van der Waals surface area contributed by atoms with Crippen molar-refractivity contribution in [3.63, 3.8) is 0 Å². The first-order valence-electron chi connectivity index (χ1n) is 10.6. The number of alkyl halides is 9. The van der Waals surface area contributed by atoms with Gasteiger partial charge in [0.05, 0.1) is 35.4 Å². The highest BCUT2D eigenvalue weighted by molar-refractivity contribution is 6.30. The standard InChI is InChI=1S/C21H14ClF10N5O3/c1-8-16(17(39)34-6-14(38)35-7-19(24,25)26)33-5-13(36-8)12-4-18(40-37-12,21(30,31)32)10-2-9(20(27,28)29)3-11(22)15(10)23/h2-3,5H,4,6-7H2,1H3,(H,34,39)(H,35,38)/t18-/m0/s1. The van der Waals surface area contributed by atoms with E-state index in [1.165, 1.54) is 5.32 Å². The maximum absolute atomic E-state index is 14.7. The Morgan fingerprint density at radius 2 is 1.73 bits per heavy atom. The minimum Gasteiger partial charge on any atom is -0.374 e. The van der Waals surface area contributed by atoms with Crippen LogP contribution in [0.3, 0.4) is 0 Å². The SMILES string of the molecule is Cc1nc(C2=NO[C@@](c3cc(C(F)(F)F)cc(Cl)c3F)(C(F)(F)F)C2)cnc1C(=O)NCC(=O)NCC(F)(F)F. The molecule has 1 aromatic carbocycles. The Balaban J connectivity index is 1.85. The molecule has 0 saturated carbocycles. The molecule has 3 rings (SSSR count). The largest absolute Gasteiger partial charge is 0.435 e. The average molecular weight is 610 g/mol. The molecule has 1 aliphatic rings. The lowest BCUT2D eigenvalue weighted by Crippen LogP contribution is -2.43. The first-order valence-corrected chi connectivity index (χ1v) is 11.0. The molecule has 1 aromatic heterocycles. The number of rotatable bonds is 6. The minimum atomic E-state index is -5.51. The van der Waals surface area contributed by atoms with E-state index in [0.29, 0.717) is 0 Å². The highest BCUT2D eigenvalue weighted by atomic mass is 35.5. The molecule has 2 N–H and O–H groups in total. The van der Waals surface area contributed by atoms with Crippen LogP contribution in [0.1, 0.15) is 39.4 Å². The van der Waals surface area contributed by atoms with Crippen molar-refractivity contribution in [3.05, 3.63) is 57.4 Å². The zero-order chi connectivity index (χ0) is 30.3. The molecule has 1 aliphatic heterocycles. The van der Waals surface area contributed by atoms with Crippen molar-refractivity contribution in [1.29, 1.82) is 0 Å². The van der Waals surface area contributed by atoms with E-state index in [1.54, 1.807) is 0 Å². The quantitative estimate of drug-likeness (QED) is 0.467. The monoisotopic (exact) mass is 609 g/mol. The van der Waals surface area contributed by atoms with Crippen molar-refractivity contribution in [2.45, 2.75) is 37.5 Å². The Labute approximate surface area is 221 Å². The van der Waals surface area contributed by atoms with Crippen LogP contribution in [0.15, 0.2) is 23.5 Å². The van der Waals surface area contributed by atoms with Gasteiger partial charge in [-0.3, -0.25) is 9.59 Å². The summed E-state index contributed by atoms with van der Waals surface area (Å²) >= 11 is 5.45. The molecule has 8 nitrogen and oxygen atoms in total. The number of oxime groups is 1. The summed E-state index contributed by atoms with van der Waals surface area (Å²) in [5.74, 6) is -4.08. The van der Waals surface area contributed by atoms with Crippen molar-refractivity contribution in [2.24, 2.45) is 5.16 Å². The number of hydrogen-bond donors (Lipinski definition) is 2. The van der Waals surface area contributed by atoms with Gasteiger partial charge in [0.25, 0.3) is 11.5 Å². The molecule has 40 heavy (non-hydrogen) atoms. The summed E-state index contributed by atoms with van der Waals surface area (Å²) in [4.78, 5) is 35.8. The lowest BCUT2D eigenvalue weighted by molar-refractivity contribution is -0.276. The van der Waals surface area contributed by atoms with Gasteiger partial charge in [-0.15, -0.1) is 0 Å². The summed E-state index contributed by atoms with van der Waals surface area (Å²) in [6, 6.07) is 0.0160. The summed E-state index contributed by atoms with van der Waals surface area (Å²) in [5, 5.41) is 5.48. The molecule has 2 amide bonds. The normalized spacial score (nSPS) is 17.8. The molecule has 0 bridgehead atoms. The van der Waals surface area contributed by atoms with Crippen LogP contribution in [0, 0.1) is 12.7 Å². The van der Waals surface area contributed by atoms with Gasteiger partial charge in [0.1, 0.15) is 29.5 Å². The molecule has 0 saturated heterocycles. The smallest absolute Gasteiger partial charge is 0.374 e. The van der Waals surface area contributed by atoms with Gasteiger partial charge < -0.3 is 15.5 Å². The lowest BCUT2D eigenvalue weighted by Gasteiger charge is -2.30. The highest BCUT2D eigenvalue weighted by Crippen LogP contribution is 2.51. The number of halogens is 11. The number of amides is 2. The number of nitrogens with zero attached hydrogens (tertiary/aromatic N) is 3. The van der Waals surface area contributed by atoms with Crippen LogP contribution in [0.25, 0.3) is 0 Å². The van der Waals surface area contributed by atoms with Gasteiger partial charge in [0, 0.05) is 5.56 Å². The maximum atomic E-state index is 14.7. The third kappa shape index (κ3) is 6.53. The first-order chi connectivity index (χ1) is 18.2. The number of nitrogens with one attached hydrogen (secondary N) is 2. The Morgan fingerprint density at radius 1 is 1.07 bits per heavy atom. The number of carbonyl (C=O) groups excluding carboxylic acids is 2. The predicted octanol–water partition coefficient (Wildman–Crippen LogP) is 4.59. The second kappa shape index (κ2) is 10.7. The van der Waals surface area contributed by atoms with E-state index in [0.717, 1.165) is 13.1 Å². The fourth-order valence-corrected chi connectivity index (χ4v) is 3.63. The average Bonchev–Trinajstić information content (AvgIpc) is 3.28. The van der Waals surface area contributed by atoms with Gasteiger partial charge in [-0.2, -0.15) is 39.5 Å². The van der Waals surface area contributed by atoms with E-state index in [1.807, 2.05) is 5.32 Å². The molecule has 2 heterocycles. The van der Waals surface area contributed by atoms with Crippen LogP contribution in [0.2, 0.25) is 5.02 Å². The third-order valence-corrected chi connectivity index (χ3v) is 5.60. The fourth-order valence-electron chi connectivity index (χ4n) is 3.42. The van der Waals surface area contributed by atoms with Crippen LogP contribution in [-0.2, 0) is 21.4 Å². The van der Waals surface area contributed by atoms with Crippen LogP contribution < -0.4 is 10.6 Å². The molecule has 19 heteroatoms. The Bertz CT molecular complexity index is 1360. The van der Waals surface area contributed by atoms with E-state index in [9.17, 15) is 53.5 Å². The molecule has 2 aromatic rings. The van der Waals surface area contributed by atoms with Gasteiger partial charge in [-0.1, -0.05) is 16.8 Å². The van der Waals surface area contributed by atoms with Gasteiger partial charge in [-0.25, -0.2) is 14.4 Å². The van der Waals surface area contributed by atoms with Gasteiger partial charge >= 0.3 is 18.5 Å². The first kappa shape index (κ1) is 30.8. The third-order valence-electron chi connectivity index (χ3n) is 5.33. The number of benzene rings is 1. The molecular formula is C21H14ClF10N5O3. The van der Waals surface area contributed by atoms with Crippen molar-refractivity contribution < 1.29 is 58.3 Å². The van der Waals surface area contributed by atoms with Crippen molar-refractivity contribution in [3.8, 4) is 0 Å². The molecular weight excluding hydrogens is 596 g/mol. The molecule has 0 radical (unpaired) electrons. The summed E-state index contributed by atoms with van der Waals surface area (Å²) in [6.45, 7) is -1.36. The van der Waals surface area contributed by atoms with Gasteiger partial charge in [0.2, 0.25) is 5.91 Å². The number of hydrogen-bond acceptors (Lipinski definition) is 6. The molecule has 0 unspecified atom stereocenters. The number of aryl methyl sites for hydroxylation is 1. The Hall–Kier alpha value is -3.70. The van der Waals surface area contributed by atoms with Crippen molar-refractivity contribution in [2.75, 3.05) is 13.1 Å². The second-order valence-corrected chi connectivity index (χ2v) is 8.62. The van der Waals surface area contributed by atoms with Gasteiger partial charge in [0.15, 0.2) is 0 Å². The maximum Gasteiger partial charge on any atom is 0.435 e. The van der Waals surface area contributed by atoms with E-state index in [-0.39, 0.29) is 17.8 Å². The van der Waals surface area contributed by atoms with Crippen molar-refractivity contribution in [1.82, 2.24) is 20.6 Å². The molecule has 1 atom stereocenters. The zero-order valence-electron chi connectivity index (χ0n) is 19.6. The van der Waals surface area contributed by atoms with Crippen LogP contribution in [0.5, 0.6) is 0 Å². The summed E-state index contributed by atoms with van der Waals surface area (Å²) in [5.41, 5.74) is -8.75. The topological polar surface area (TPSA) is 106 Å². The van der Waals surface area contributed by atoms with Crippen LogP contribution in [-0.4, -0.2) is 52.9 Å². The highest BCUT2D eigenvalue weighted by Gasteiger charge is 2.64. The number of aromatic nitrogens is 2. The molecule has 0 fully saturated rings. The Morgan fingerprint density at radius 3 is 2.27 bits per heavy atom. The van der Waals surface area contributed by atoms with E-state index in [2.05, 4.69) is 20.0 Å². The van der Waals surface area contributed by atoms with E-state index in [4.69, 9.17) is 11.6 Å².